The van der Waals surface area contributed by atoms with Crippen molar-refractivity contribution >= 4 is 10.0 Å². The maximum Gasteiger partial charge on any atom is 0.243 e. The van der Waals surface area contributed by atoms with E-state index in [-0.39, 0.29) is 10.9 Å². The van der Waals surface area contributed by atoms with Gasteiger partial charge in [0, 0.05) is 7.05 Å². The normalized spacial score (nSPS) is 25.0. The SMILES string of the molecule is CC(O)c1cccc(S(=O)(=O)N(C)C2CCCCC2O)c1. The van der Waals surface area contributed by atoms with E-state index in [1.54, 1.807) is 19.1 Å². The Hall–Kier alpha value is -0.950. The molecule has 3 atom stereocenters. The molecular formula is C15H23NO4S. The number of rotatable bonds is 4. The Bertz CT molecular complexity index is 585. The molecule has 1 saturated carbocycles. The lowest BCUT2D eigenvalue weighted by Gasteiger charge is -2.34. The van der Waals surface area contributed by atoms with Crippen molar-refractivity contribution in [1.29, 1.82) is 0 Å². The maximum atomic E-state index is 12.7. The van der Waals surface area contributed by atoms with Crippen molar-refractivity contribution in [2.45, 2.75) is 55.8 Å². The van der Waals surface area contributed by atoms with E-state index in [2.05, 4.69) is 0 Å². The van der Waals surface area contributed by atoms with Gasteiger partial charge in [-0.05, 0) is 37.5 Å². The number of benzene rings is 1. The van der Waals surface area contributed by atoms with E-state index in [0.717, 1.165) is 12.8 Å². The Labute approximate surface area is 126 Å². The van der Waals surface area contributed by atoms with Gasteiger partial charge >= 0.3 is 0 Å². The Morgan fingerprint density at radius 3 is 2.57 bits per heavy atom. The van der Waals surface area contributed by atoms with Crippen LogP contribution in [0.5, 0.6) is 0 Å². The molecule has 0 aliphatic heterocycles. The standard InChI is InChI=1S/C15H23NO4S/c1-11(17)12-6-5-7-13(10-12)21(19,20)16(2)14-8-3-4-9-15(14)18/h5-7,10-11,14-15,17-18H,3-4,8-9H2,1-2H3. The second-order valence-electron chi connectivity index (χ2n) is 5.69. The third-order valence-electron chi connectivity index (χ3n) is 4.18. The second-order valence-corrected chi connectivity index (χ2v) is 7.69. The summed E-state index contributed by atoms with van der Waals surface area (Å²) in [7, 11) is -2.15. The largest absolute Gasteiger partial charge is 0.391 e. The minimum absolute atomic E-state index is 0.154. The molecule has 1 aliphatic rings. The van der Waals surface area contributed by atoms with Gasteiger partial charge in [-0.15, -0.1) is 0 Å². The van der Waals surface area contributed by atoms with Crippen LogP contribution in [0.15, 0.2) is 29.2 Å². The van der Waals surface area contributed by atoms with Gasteiger partial charge in [0.15, 0.2) is 0 Å². The smallest absolute Gasteiger partial charge is 0.243 e. The molecule has 3 unspecified atom stereocenters. The summed E-state index contributed by atoms with van der Waals surface area (Å²) in [6, 6.07) is 5.96. The molecule has 5 nitrogen and oxygen atoms in total. The molecule has 21 heavy (non-hydrogen) atoms. The van der Waals surface area contributed by atoms with E-state index < -0.39 is 22.2 Å². The number of likely N-dealkylation sites (N-methyl/N-ethyl adjacent to an activating group) is 1. The molecule has 6 heteroatoms. The number of nitrogens with zero attached hydrogens (tertiary/aromatic N) is 1. The van der Waals surface area contributed by atoms with E-state index in [9.17, 15) is 18.6 Å². The van der Waals surface area contributed by atoms with Crippen LogP contribution < -0.4 is 0 Å². The predicted octanol–water partition coefficient (Wildman–Crippen LogP) is 1.66. The van der Waals surface area contributed by atoms with Crippen LogP contribution in [0, 0.1) is 0 Å². The van der Waals surface area contributed by atoms with Crippen molar-refractivity contribution < 1.29 is 18.6 Å². The number of hydrogen-bond acceptors (Lipinski definition) is 4. The summed E-state index contributed by atoms with van der Waals surface area (Å²) in [6.45, 7) is 1.60. The van der Waals surface area contributed by atoms with E-state index in [0.29, 0.717) is 18.4 Å². The van der Waals surface area contributed by atoms with Crippen molar-refractivity contribution in [3.05, 3.63) is 29.8 Å². The van der Waals surface area contributed by atoms with Crippen molar-refractivity contribution in [1.82, 2.24) is 4.31 Å². The predicted molar refractivity (Wildman–Crippen MR) is 80.3 cm³/mol. The van der Waals surface area contributed by atoms with Gasteiger partial charge in [0.1, 0.15) is 0 Å². The zero-order valence-corrected chi connectivity index (χ0v) is 13.3. The van der Waals surface area contributed by atoms with Crippen LogP contribution in [-0.4, -0.2) is 42.1 Å². The van der Waals surface area contributed by atoms with Crippen molar-refractivity contribution in [3.8, 4) is 0 Å². The van der Waals surface area contributed by atoms with Gasteiger partial charge in [-0.25, -0.2) is 8.42 Å². The van der Waals surface area contributed by atoms with Crippen LogP contribution in [0.1, 0.15) is 44.3 Å². The van der Waals surface area contributed by atoms with E-state index in [4.69, 9.17) is 0 Å². The van der Waals surface area contributed by atoms with Crippen LogP contribution >= 0.6 is 0 Å². The maximum absolute atomic E-state index is 12.7. The van der Waals surface area contributed by atoms with Gasteiger partial charge in [0.2, 0.25) is 10.0 Å². The van der Waals surface area contributed by atoms with Crippen LogP contribution in [0.2, 0.25) is 0 Å². The Kier molecular flexibility index (Phi) is 5.03. The average molecular weight is 313 g/mol. The Balaban J connectivity index is 2.30. The summed E-state index contributed by atoms with van der Waals surface area (Å²) in [5, 5.41) is 19.6. The molecular weight excluding hydrogens is 290 g/mol. The monoisotopic (exact) mass is 313 g/mol. The average Bonchev–Trinajstić information content (AvgIpc) is 2.47. The zero-order valence-electron chi connectivity index (χ0n) is 12.4. The number of aliphatic hydroxyl groups excluding tert-OH is 2. The third kappa shape index (κ3) is 3.45. The lowest BCUT2D eigenvalue weighted by Crippen LogP contribution is -2.46. The van der Waals surface area contributed by atoms with Crippen LogP contribution in [0.4, 0.5) is 0 Å². The zero-order chi connectivity index (χ0) is 15.6. The first-order valence-corrected chi connectivity index (χ1v) is 8.72. The van der Waals surface area contributed by atoms with Gasteiger partial charge in [0.05, 0.1) is 23.1 Å². The van der Waals surface area contributed by atoms with Crippen LogP contribution in [-0.2, 0) is 10.0 Å². The molecule has 118 valence electrons. The highest BCUT2D eigenvalue weighted by Gasteiger charge is 2.34. The van der Waals surface area contributed by atoms with Gasteiger partial charge in [-0.2, -0.15) is 4.31 Å². The van der Waals surface area contributed by atoms with Crippen molar-refractivity contribution in [2.75, 3.05) is 7.05 Å². The van der Waals surface area contributed by atoms with Gasteiger partial charge in [0.25, 0.3) is 0 Å². The molecule has 0 amide bonds. The van der Waals surface area contributed by atoms with Crippen LogP contribution in [0.3, 0.4) is 0 Å². The molecule has 0 radical (unpaired) electrons. The highest BCUT2D eigenvalue weighted by molar-refractivity contribution is 7.89. The van der Waals surface area contributed by atoms with Crippen molar-refractivity contribution in [3.63, 3.8) is 0 Å². The molecule has 1 aromatic rings. The first kappa shape index (κ1) is 16.4. The van der Waals surface area contributed by atoms with Gasteiger partial charge in [-0.3, -0.25) is 0 Å². The second kappa shape index (κ2) is 6.44. The molecule has 1 aliphatic carbocycles. The lowest BCUT2D eigenvalue weighted by molar-refractivity contribution is 0.0638. The molecule has 0 bridgehead atoms. The highest BCUT2D eigenvalue weighted by atomic mass is 32.2. The van der Waals surface area contributed by atoms with Gasteiger partial charge < -0.3 is 10.2 Å². The molecule has 2 rings (SSSR count). The number of aliphatic hydroxyl groups is 2. The number of sulfonamides is 1. The molecule has 1 aromatic carbocycles. The Morgan fingerprint density at radius 1 is 1.29 bits per heavy atom. The van der Waals surface area contributed by atoms with E-state index in [1.165, 1.54) is 23.5 Å². The van der Waals surface area contributed by atoms with E-state index in [1.807, 2.05) is 0 Å². The minimum Gasteiger partial charge on any atom is -0.391 e. The first-order chi connectivity index (χ1) is 9.84. The molecule has 0 aromatic heterocycles. The quantitative estimate of drug-likeness (QED) is 0.886. The molecule has 0 spiro atoms. The molecule has 2 N–H and O–H groups in total. The Morgan fingerprint density at radius 2 is 1.95 bits per heavy atom. The molecule has 1 fully saturated rings. The fraction of sp³-hybridized carbons (Fsp3) is 0.600. The summed E-state index contributed by atoms with van der Waals surface area (Å²) in [5.41, 5.74) is 0.564. The summed E-state index contributed by atoms with van der Waals surface area (Å²) >= 11 is 0. The summed E-state index contributed by atoms with van der Waals surface area (Å²) in [5.74, 6) is 0. The van der Waals surface area contributed by atoms with Crippen molar-refractivity contribution in [2.24, 2.45) is 0 Å². The molecule has 0 heterocycles. The topological polar surface area (TPSA) is 77.8 Å². The first-order valence-electron chi connectivity index (χ1n) is 7.28. The lowest BCUT2D eigenvalue weighted by atomic mass is 9.93. The summed E-state index contributed by atoms with van der Waals surface area (Å²) in [4.78, 5) is 0.154. The third-order valence-corrected chi connectivity index (χ3v) is 6.06. The molecule has 0 saturated heterocycles. The minimum atomic E-state index is -3.67. The fourth-order valence-electron chi connectivity index (χ4n) is 2.80. The van der Waals surface area contributed by atoms with Crippen LogP contribution in [0.25, 0.3) is 0 Å². The fourth-order valence-corrected chi connectivity index (χ4v) is 4.27. The summed E-state index contributed by atoms with van der Waals surface area (Å²) < 4.78 is 26.6. The number of hydrogen-bond donors (Lipinski definition) is 2. The summed E-state index contributed by atoms with van der Waals surface area (Å²) in [6.07, 6.45) is 1.84. The van der Waals surface area contributed by atoms with E-state index >= 15 is 0 Å². The van der Waals surface area contributed by atoms with Gasteiger partial charge in [-0.1, -0.05) is 25.0 Å². The highest BCUT2D eigenvalue weighted by Crippen LogP contribution is 2.27.